The lowest BCUT2D eigenvalue weighted by molar-refractivity contribution is 0.548. The molecule has 0 heterocycles. The monoisotopic (exact) mass is 139 g/mol. The molecule has 0 N–H and O–H groups in total. The smallest absolute Gasteiger partial charge is 0.0108 e. The molecule has 58 valence electrons. The molecule has 0 unspecified atom stereocenters. The highest BCUT2D eigenvalue weighted by Crippen LogP contribution is 2.02. The summed E-state index contributed by atoms with van der Waals surface area (Å²) >= 11 is 0. The van der Waals surface area contributed by atoms with Crippen LogP contribution in [0.3, 0.4) is 0 Å². The minimum Gasteiger partial charge on any atom is -0.355 e. The predicted molar refractivity (Wildman–Crippen MR) is 46.6 cm³/mol. The maximum Gasteiger partial charge on any atom is 0.0108 e. The van der Waals surface area contributed by atoms with E-state index >= 15 is 0 Å². The molecule has 0 saturated heterocycles. The fourth-order valence-corrected chi connectivity index (χ4v) is 0.618. The van der Waals surface area contributed by atoms with Crippen molar-refractivity contribution >= 4 is 0 Å². The van der Waals surface area contributed by atoms with Gasteiger partial charge in [-0.05, 0) is 19.0 Å². The van der Waals surface area contributed by atoms with Crippen LogP contribution in [0.25, 0.3) is 0 Å². The van der Waals surface area contributed by atoms with E-state index in [0.717, 1.165) is 18.5 Å². The van der Waals surface area contributed by atoms with Crippen LogP contribution in [0.4, 0.5) is 0 Å². The Labute approximate surface area is 64.0 Å². The minimum atomic E-state index is 1.02. The Morgan fingerprint density at radius 2 is 2.10 bits per heavy atom. The molecule has 0 spiro atoms. The molecular formula is C9H17N. The van der Waals surface area contributed by atoms with Gasteiger partial charge in [0.15, 0.2) is 0 Å². The van der Waals surface area contributed by atoms with E-state index in [2.05, 4.69) is 37.6 Å². The topological polar surface area (TPSA) is 3.24 Å². The van der Waals surface area contributed by atoms with E-state index in [1.54, 1.807) is 0 Å². The van der Waals surface area contributed by atoms with E-state index in [1.807, 2.05) is 7.05 Å². The zero-order chi connectivity index (χ0) is 7.98. The van der Waals surface area contributed by atoms with Crippen molar-refractivity contribution in [3.8, 4) is 0 Å². The second-order valence-electron chi connectivity index (χ2n) is 2.32. The summed E-state index contributed by atoms with van der Waals surface area (Å²) < 4.78 is 0. The van der Waals surface area contributed by atoms with Crippen molar-refractivity contribution in [1.29, 1.82) is 0 Å². The van der Waals surface area contributed by atoms with Gasteiger partial charge in [0.2, 0.25) is 0 Å². The average Bonchev–Trinajstić information content (AvgIpc) is 1.98. The summed E-state index contributed by atoms with van der Waals surface area (Å²) in [5.41, 5.74) is 1.16. The van der Waals surface area contributed by atoms with Crippen LogP contribution in [-0.4, -0.2) is 11.9 Å². The maximum absolute atomic E-state index is 3.90. The van der Waals surface area contributed by atoms with E-state index < -0.39 is 0 Å². The van der Waals surface area contributed by atoms with Crippen molar-refractivity contribution in [3.05, 3.63) is 24.6 Å². The molecule has 0 atom stereocenters. The predicted octanol–water partition coefficient (Wildman–Crippen LogP) is 2.77. The lowest BCUT2D eigenvalue weighted by atomic mass is 10.3. The van der Waals surface area contributed by atoms with Gasteiger partial charge < -0.3 is 4.90 Å². The molecule has 0 aromatic heterocycles. The fourth-order valence-electron chi connectivity index (χ4n) is 0.618. The third-order valence-corrected chi connectivity index (χ3v) is 1.47. The number of rotatable bonds is 4. The SMILES string of the molecule is C=C(CC)N(C)/C=C\CC. The van der Waals surface area contributed by atoms with Gasteiger partial charge in [-0.25, -0.2) is 0 Å². The molecule has 0 aromatic carbocycles. The van der Waals surface area contributed by atoms with Gasteiger partial charge in [0.05, 0.1) is 0 Å². The molecule has 0 radical (unpaired) electrons. The highest BCUT2D eigenvalue weighted by molar-refractivity contribution is 4.97. The molecule has 0 aromatic rings. The molecule has 0 amide bonds. The Morgan fingerprint density at radius 1 is 1.50 bits per heavy atom. The molecule has 0 rings (SSSR count). The van der Waals surface area contributed by atoms with Gasteiger partial charge in [-0.15, -0.1) is 0 Å². The Balaban J connectivity index is 3.72. The highest BCUT2D eigenvalue weighted by Gasteiger charge is 1.91. The molecule has 0 saturated carbocycles. The van der Waals surface area contributed by atoms with Crippen LogP contribution >= 0.6 is 0 Å². The summed E-state index contributed by atoms with van der Waals surface area (Å²) in [6.07, 6.45) is 6.29. The Bertz CT molecular complexity index is 125. The molecule has 0 aliphatic carbocycles. The van der Waals surface area contributed by atoms with Gasteiger partial charge in [-0.1, -0.05) is 26.5 Å². The van der Waals surface area contributed by atoms with Crippen LogP contribution < -0.4 is 0 Å². The quantitative estimate of drug-likeness (QED) is 0.579. The summed E-state index contributed by atoms with van der Waals surface area (Å²) in [5, 5.41) is 0. The Morgan fingerprint density at radius 3 is 2.50 bits per heavy atom. The third kappa shape index (κ3) is 3.33. The number of nitrogens with zero attached hydrogens (tertiary/aromatic N) is 1. The molecule has 1 heteroatoms. The molecule has 0 aliphatic heterocycles. The van der Waals surface area contributed by atoms with Crippen LogP contribution in [0.2, 0.25) is 0 Å². The highest BCUT2D eigenvalue weighted by atomic mass is 15.1. The molecule has 0 fully saturated rings. The van der Waals surface area contributed by atoms with Gasteiger partial charge in [0.25, 0.3) is 0 Å². The summed E-state index contributed by atoms with van der Waals surface area (Å²) in [4.78, 5) is 2.06. The molecule has 10 heavy (non-hydrogen) atoms. The fraction of sp³-hybridized carbons (Fsp3) is 0.556. The first-order valence-electron chi connectivity index (χ1n) is 3.79. The second-order valence-corrected chi connectivity index (χ2v) is 2.32. The van der Waals surface area contributed by atoms with Gasteiger partial charge in [-0.2, -0.15) is 0 Å². The van der Waals surface area contributed by atoms with E-state index in [0.29, 0.717) is 0 Å². The first kappa shape index (κ1) is 9.28. The molecular weight excluding hydrogens is 122 g/mol. The van der Waals surface area contributed by atoms with Crippen LogP contribution in [0.1, 0.15) is 26.7 Å². The van der Waals surface area contributed by atoms with Gasteiger partial charge >= 0.3 is 0 Å². The summed E-state index contributed by atoms with van der Waals surface area (Å²) in [5.74, 6) is 0. The van der Waals surface area contributed by atoms with Crippen LogP contribution in [0.15, 0.2) is 24.6 Å². The molecule has 0 aliphatic rings. The maximum atomic E-state index is 3.90. The lowest BCUT2D eigenvalue weighted by Crippen LogP contribution is -2.07. The van der Waals surface area contributed by atoms with Gasteiger partial charge in [0, 0.05) is 12.7 Å². The zero-order valence-corrected chi connectivity index (χ0v) is 7.22. The van der Waals surface area contributed by atoms with Crippen molar-refractivity contribution in [2.45, 2.75) is 26.7 Å². The van der Waals surface area contributed by atoms with Crippen molar-refractivity contribution < 1.29 is 0 Å². The molecule has 0 bridgehead atoms. The van der Waals surface area contributed by atoms with E-state index in [1.165, 1.54) is 0 Å². The van der Waals surface area contributed by atoms with Crippen molar-refractivity contribution in [2.24, 2.45) is 0 Å². The van der Waals surface area contributed by atoms with Crippen molar-refractivity contribution in [2.75, 3.05) is 7.05 Å². The Kier molecular flexibility index (Phi) is 4.73. The largest absolute Gasteiger partial charge is 0.355 e. The zero-order valence-electron chi connectivity index (χ0n) is 7.22. The molecule has 1 nitrogen and oxygen atoms in total. The van der Waals surface area contributed by atoms with Crippen LogP contribution in [0.5, 0.6) is 0 Å². The van der Waals surface area contributed by atoms with Gasteiger partial charge in [-0.3, -0.25) is 0 Å². The first-order chi connectivity index (χ1) is 4.72. The lowest BCUT2D eigenvalue weighted by Gasteiger charge is -2.14. The minimum absolute atomic E-state index is 1.02. The summed E-state index contributed by atoms with van der Waals surface area (Å²) in [7, 11) is 2.03. The number of allylic oxidation sites excluding steroid dienone is 2. The van der Waals surface area contributed by atoms with Gasteiger partial charge in [0.1, 0.15) is 0 Å². The van der Waals surface area contributed by atoms with E-state index in [4.69, 9.17) is 0 Å². The first-order valence-corrected chi connectivity index (χ1v) is 3.79. The average molecular weight is 139 g/mol. The summed E-state index contributed by atoms with van der Waals surface area (Å²) in [6.45, 7) is 8.13. The number of hydrogen-bond acceptors (Lipinski definition) is 1. The second kappa shape index (κ2) is 5.10. The van der Waals surface area contributed by atoms with Crippen LogP contribution in [-0.2, 0) is 0 Å². The van der Waals surface area contributed by atoms with E-state index in [-0.39, 0.29) is 0 Å². The summed E-state index contributed by atoms with van der Waals surface area (Å²) in [6, 6.07) is 0. The Hall–Kier alpha value is -0.720. The van der Waals surface area contributed by atoms with E-state index in [9.17, 15) is 0 Å². The normalized spacial score (nSPS) is 10.3. The standard InChI is InChI=1S/C9H17N/c1-5-7-8-10(4)9(3)6-2/h7-8H,3,5-6H2,1-2,4H3/b8-7-. The van der Waals surface area contributed by atoms with Crippen molar-refractivity contribution in [3.63, 3.8) is 0 Å². The third-order valence-electron chi connectivity index (χ3n) is 1.47. The van der Waals surface area contributed by atoms with Crippen molar-refractivity contribution in [1.82, 2.24) is 4.90 Å². The van der Waals surface area contributed by atoms with Crippen LogP contribution in [0, 0.1) is 0 Å². The number of hydrogen-bond donors (Lipinski definition) is 0.